The van der Waals surface area contributed by atoms with Gasteiger partial charge in [0.2, 0.25) is 0 Å². The predicted octanol–water partition coefficient (Wildman–Crippen LogP) is 2.17. The first-order chi connectivity index (χ1) is 8.18. The third-order valence-corrected chi connectivity index (χ3v) is 3.10. The standard InChI is InChI=1S/C12H13FN4/c1-7-3-2-4-9(13)10(7)17-11(8-5-6-8)12(14)15-16-17/h2-4,8H,5-6,14H2,1H3. The molecule has 1 aliphatic carbocycles. The van der Waals surface area contributed by atoms with Crippen LogP contribution in [0.25, 0.3) is 5.69 Å². The number of benzene rings is 1. The molecule has 1 aromatic heterocycles. The van der Waals surface area contributed by atoms with Gasteiger partial charge in [0.1, 0.15) is 11.5 Å². The summed E-state index contributed by atoms with van der Waals surface area (Å²) in [5.74, 6) is 0.496. The summed E-state index contributed by atoms with van der Waals surface area (Å²) in [5, 5.41) is 7.83. The molecule has 0 radical (unpaired) electrons. The molecule has 1 aromatic carbocycles. The SMILES string of the molecule is Cc1cccc(F)c1-n1nnc(N)c1C1CC1. The molecular weight excluding hydrogens is 219 g/mol. The van der Waals surface area contributed by atoms with E-state index in [2.05, 4.69) is 10.3 Å². The summed E-state index contributed by atoms with van der Waals surface area (Å²) in [5.41, 5.74) is 7.94. The van der Waals surface area contributed by atoms with Gasteiger partial charge in [-0.1, -0.05) is 17.3 Å². The molecule has 2 N–H and O–H groups in total. The Labute approximate surface area is 98.2 Å². The van der Waals surface area contributed by atoms with Crippen molar-refractivity contribution in [2.75, 3.05) is 5.73 Å². The summed E-state index contributed by atoms with van der Waals surface area (Å²) >= 11 is 0. The van der Waals surface area contributed by atoms with E-state index < -0.39 is 0 Å². The predicted molar refractivity (Wildman–Crippen MR) is 62.4 cm³/mol. The fraction of sp³-hybridized carbons (Fsp3) is 0.333. The lowest BCUT2D eigenvalue weighted by Gasteiger charge is -2.09. The maximum Gasteiger partial charge on any atom is 0.169 e. The molecule has 0 spiro atoms. The first-order valence-corrected chi connectivity index (χ1v) is 5.65. The fourth-order valence-corrected chi connectivity index (χ4v) is 2.10. The van der Waals surface area contributed by atoms with E-state index in [0.29, 0.717) is 17.4 Å². The number of halogens is 1. The van der Waals surface area contributed by atoms with Gasteiger partial charge in [0.05, 0.1) is 5.69 Å². The molecule has 88 valence electrons. The van der Waals surface area contributed by atoms with E-state index in [1.165, 1.54) is 6.07 Å². The van der Waals surface area contributed by atoms with Crippen molar-refractivity contribution in [3.63, 3.8) is 0 Å². The third-order valence-electron chi connectivity index (χ3n) is 3.10. The molecule has 1 aliphatic rings. The number of nitrogen functional groups attached to an aromatic ring is 1. The molecule has 0 saturated heterocycles. The zero-order valence-electron chi connectivity index (χ0n) is 9.52. The third kappa shape index (κ3) is 1.58. The first kappa shape index (κ1) is 10.3. The van der Waals surface area contributed by atoms with E-state index in [9.17, 15) is 4.39 Å². The van der Waals surface area contributed by atoms with E-state index in [1.54, 1.807) is 10.7 Å². The lowest BCUT2D eigenvalue weighted by molar-refractivity contribution is 0.600. The van der Waals surface area contributed by atoms with Crippen LogP contribution in [0.1, 0.15) is 30.0 Å². The van der Waals surface area contributed by atoms with Crippen LogP contribution in [-0.2, 0) is 0 Å². The van der Waals surface area contributed by atoms with Gasteiger partial charge < -0.3 is 5.73 Å². The summed E-state index contributed by atoms with van der Waals surface area (Å²) in [7, 11) is 0. The van der Waals surface area contributed by atoms with Crippen molar-refractivity contribution >= 4 is 5.82 Å². The van der Waals surface area contributed by atoms with E-state index >= 15 is 0 Å². The minimum absolute atomic E-state index is 0.295. The van der Waals surface area contributed by atoms with Crippen molar-refractivity contribution in [1.29, 1.82) is 0 Å². The van der Waals surface area contributed by atoms with Crippen LogP contribution >= 0.6 is 0 Å². The second-order valence-electron chi connectivity index (χ2n) is 4.45. The van der Waals surface area contributed by atoms with Crippen LogP contribution in [0.5, 0.6) is 0 Å². The van der Waals surface area contributed by atoms with Crippen molar-refractivity contribution in [2.24, 2.45) is 0 Å². The number of anilines is 1. The van der Waals surface area contributed by atoms with E-state index in [0.717, 1.165) is 24.1 Å². The smallest absolute Gasteiger partial charge is 0.169 e. The number of para-hydroxylation sites is 1. The summed E-state index contributed by atoms with van der Waals surface area (Å²) in [6.07, 6.45) is 2.15. The number of nitrogens with zero attached hydrogens (tertiary/aromatic N) is 3. The summed E-state index contributed by atoms with van der Waals surface area (Å²) in [6, 6.07) is 4.97. The highest BCUT2D eigenvalue weighted by molar-refractivity contribution is 5.48. The summed E-state index contributed by atoms with van der Waals surface area (Å²) in [6.45, 7) is 1.85. The monoisotopic (exact) mass is 232 g/mol. The largest absolute Gasteiger partial charge is 0.381 e. The number of aryl methyl sites for hydroxylation is 1. The van der Waals surface area contributed by atoms with E-state index in [1.807, 2.05) is 13.0 Å². The molecule has 4 nitrogen and oxygen atoms in total. The van der Waals surface area contributed by atoms with Crippen LogP contribution in [-0.4, -0.2) is 15.0 Å². The summed E-state index contributed by atoms with van der Waals surface area (Å²) < 4.78 is 15.4. The van der Waals surface area contributed by atoms with Crippen molar-refractivity contribution in [3.05, 3.63) is 35.3 Å². The Bertz CT molecular complexity index is 552. The van der Waals surface area contributed by atoms with Gasteiger partial charge in [-0.2, -0.15) is 0 Å². The highest BCUT2D eigenvalue weighted by atomic mass is 19.1. The molecule has 17 heavy (non-hydrogen) atoms. The lowest BCUT2D eigenvalue weighted by atomic mass is 10.2. The van der Waals surface area contributed by atoms with Gasteiger partial charge >= 0.3 is 0 Å². The molecular formula is C12H13FN4. The van der Waals surface area contributed by atoms with E-state index in [-0.39, 0.29) is 5.82 Å². The second kappa shape index (κ2) is 3.55. The van der Waals surface area contributed by atoms with Crippen molar-refractivity contribution in [2.45, 2.75) is 25.7 Å². The van der Waals surface area contributed by atoms with Gasteiger partial charge in [-0.3, -0.25) is 0 Å². The van der Waals surface area contributed by atoms with Gasteiger partial charge in [-0.15, -0.1) is 5.10 Å². The molecule has 1 heterocycles. The van der Waals surface area contributed by atoms with Crippen molar-refractivity contribution in [3.8, 4) is 5.69 Å². The van der Waals surface area contributed by atoms with Gasteiger partial charge in [0.15, 0.2) is 5.82 Å². The van der Waals surface area contributed by atoms with Crippen LogP contribution in [0.2, 0.25) is 0 Å². The molecule has 0 atom stereocenters. The van der Waals surface area contributed by atoms with Gasteiger partial charge in [-0.25, -0.2) is 9.07 Å². The Kier molecular flexibility index (Phi) is 2.14. The zero-order valence-corrected chi connectivity index (χ0v) is 9.52. The van der Waals surface area contributed by atoms with Crippen molar-refractivity contribution < 1.29 is 4.39 Å². The molecule has 0 amide bonds. The molecule has 0 unspecified atom stereocenters. The van der Waals surface area contributed by atoms with E-state index in [4.69, 9.17) is 5.73 Å². The van der Waals surface area contributed by atoms with Gasteiger partial charge in [-0.05, 0) is 31.4 Å². The highest BCUT2D eigenvalue weighted by Crippen LogP contribution is 2.43. The van der Waals surface area contributed by atoms with Crippen LogP contribution in [0.15, 0.2) is 18.2 Å². The molecule has 1 fully saturated rings. The highest BCUT2D eigenvalue weighted by Gasteiger charge is 2.32. The Morgan fingerprint density at radius 1 is 1.41 bits per heavy atom. The Balaban J connectivity index is 2.21. The fourth-order valence-electron chi connectivity index (χ4n) is 2.10. The zero-order chi connectivity index (χ0) is 12.0. The minimum Gasteiger partial charge on any atom is -0.381 e. The Morgan fingerprint density at radius 2 is 2.18 bits per heavy atom. The molecule has 5 heteroatoms. The maximum atomic E-state index is 13.9. The molecule has 1 saturated carbocycles. The topological polar surface area (TPSA) is 56.7 Å². The van der Waals surface area contributed by atoms with Gasteiger partial charge in [0.25, 0.3) is 0 Å². The number of aromatic nitrogens is 3. The number of rotatable bonds is 2. The molecule has 0 aliphatic heterocycles. The van der Waals surface area contributed by atoms with Crippen LogP contribution in [0.3, 0.4) is 0 Å². The summed E-state index contributed by atoms with van der Waals surface area (Å²) in [4.78, 5) is 0. The maximum absolute atomic E-state index is 13.9. The average Bonchev–Trinajstić information content (AvgIpc) is 3.04. The van der Waals surface area contributed by atoms with Crippen LogP contribution in [0.4, 0.5) is 10.2 Å². The lowest BCUT2D eigenvalue weighted by Crippen LogP contribution is -2.07. The number of nitrogens with two attached hydrogens (primary N) is 1. The Morgan fingerprint density at radius 3 is 2.82 bits per heavy atom. The van der Waals surface area contributed by atoms with Crippen LogP contribution < -0.4 is 5.73 Å². The number of hydrogen-bond donors (Lipinski definition) is 1. The van der Waals surface area contributed by atoms with Gasteiger partial charge in [0, 0.05) is 5.92 Å². The minimum atomic E-state index is -0.295. The second-order valence-corrected chi connectivity index (χ2v) is 4.45. The van der Waals surface area contributed by atoms with Crippen molar-refractivity contribution in [1.82, 2.24) is 15.0 Å². The molecule has 2 aromatic rings. The molecule has 0 bridgehead atoms. The quantitative estimate of drug-likeness (QED) is 0.863. The normalized spacial score (nSPS) is 15.2. The number of hydrogen-bond acceptors (Lipinski definition) is 3. The average molecular weight is 232 g/mol. The first-order valence-electron chi connectivity index (χ1n) is 5.65. The van der Waals surface area contributed by atoms with Crippen LogP contribution in [0, 0.1) is 12.7 Å². The Hall–Kier alpha value is -1.91. The molecule has 3 rings (SSSR count).